The maximum absolute atomic E-state index is 12.3. The van der Waals surface area contributed by atoms with Crippen molar-refractivity contribution in [2.75, 3.05) is 21.3 Å². The largest absolute Gasteiger partial charge is 0.496 e. The molecule has 6 nitrogen and oxygen atoms in total. The van der Waals surface area contributed by atoms with Gasteiger partial charge in [0.1, 0.15) is 17.2 Å². The quantitative estimate of drug-likeness (QED) is 0.765. The van der Waals surface area contributed by atoms with Gasteiger partial charge in [0, 0.05) is 23.7 Å². The summed E-state index contributed by atoms with van der Waals surface area (Å²) in [7, 11) is 1.03. The summed E-state index contributed by atoms with van der Waals surface area (Å²) in [6.45, 7) is 0. The van der Waals surface area contributed by atoms with E-state index in [0.717, 1.165) is 5.41 Å². The first kappa shape index (κ1) is 17.8. The van der Waals surface area contributed by atoms with Crippen molar-refractivity contribution in [1.82, 2.24) is 4.98 Å². The van der Waals surface area contributed by atoms with Crippen molar-refractivity contribution in [2.45, 2.75) is 5.75 Å². The van der Waals surface area contributed by atoms with Gasteiger partial charge >= 0.3 is 0 Å². The zero-order chi connectivity index (χ0) is 17.6. The first-order valence-corrected chi connectivity index (χ1v) is 8.81. The summed E-state index contributed by atoms with van der Waals surface area (Å²) < 4.78 is 40.3. The van der Waals surface area contributed by atoms with E-state index < -0.39 is 9.84 Å². The van der Waals surface area contributed by atoms with Crippen LogP contribution < -0.4 is 14.2 Å². The van der Waals surface area contributed by atoms with Crippen LogP contribution in [0.3, 0.4) is 0 Å². The Morgan fingerprint density at radius 1 is 1.04 bits per heavy atom. The number of pyridine rings is 1. The van der Waals surface area contributed by atoms with Gasteiger partial charge in [0.2, 0.25) is 0 Å². The standard InChI is InChI=1S/C17H19NO5S/c1-21-14-10-16(22-2)15(17(11-14)23-3)7-9-24(19,20)12-13-6-4-5-8-18-13/h4-11H,12H2,1-3H3. The third kappa shape index (κ3) is 4.48. The number of hydrogen-bond donors (Lipinski definition) is 0. The van der Waals surface area contributed by atoms with Crippen LogP contribution in [0.15, 0.2) is 41.9 Å². The Morgan fingerprint density at radius 2 is 1.71 bits per heavy atom. The molecule has 2 aromatic rings. The molecule has 0 spiro atoms. The molecule has 0 saturated heterocycles. The first-order valence-electron chi connectivity index (χ1n) is 7.10. The predicted molar refractivity (Wildman–Crippen MR) is 92.0 cm³/mol. The number of rotatable bonds is 7. The van der Waals surface area contributed by atoms with Crippen LogP contribution in [-0.2, 0) is 15.6 Å². The fraction of sp³-hybridized carbons (Fsp3) is 0.235. The van der Waals surface area contributed by atoms with Gasteiger partial charge in [-0.1, -0.05) is 6.07 Å². The molecule has 0 aliphatic rings. The second kappa shape index (κ2) is 7.83. The Labute approximate surface area is 141 Å². The highest BCUT2D eigenvalue weighted by Crippen LogP contribution is 2.35. The average Bonchev–Trinajstić information content (AvgIpc) is 2.59. The number of ether oxygens (including phenoxy) is 3. The minimum absolute atomic E-state index is 0.175. The number of nitrogens with zero attached hydrogens (tertiary/aromatic N) is 1. The third-order valence-corrected chi connectivity index (χ3v) is 4.52. The van der Waals surface area contributed by atoms with Gasteiger partial charge in [0.15, 0.2) is 9.84 Å². The molecule has 128 valence electrons. The molecule has 1 aromatic carbocycles. The molecule has 0 aliphatic carbocycles. The minimum atomic E-state index is -3.48. The Morgan fingerprint density at radius 3 is 2.21 bits per heavy atom. The van der Waals surface area contributed by atoms with Crippen molar-refractivity contribution in [3.05, 3.63) is 53.2 Å². The molecule has 0 amide bonds. The van der Waals surface area contributed by atoms with Crippen LogP contribution in [0.2, 0.25) is 0 Å². The van der Waals surface area contributed by atoms with Gasteiger partial charge < -0.3 is 14.2 Å². The lowest BCUT2D eigenvalue weighted by Gasteiger charge is -2.12. The van der Waals surface area contributed by atoms with Crippen LogP contribution >= 0.6 is 0 Å². The number of hydrogen-bond acceptors (Lipinski definition) is 6. The van der Waals surface area contributed by atoms with Crippen molar-refractivity contribution in [2.24, 2.45) is 0 Å². The second-order valence-corrected chi connectivity index (χ2v) is 6.76. The van der Waals surface area contributed by atoms with E-state index in [1.54, 1.807) is 36.5 Å². The molecular weight excluding hydrogens is 330 g/mol. The number of methoxy groups -OCH3 is 3. The molecule has 0 unspecified atom stereocenters. The molecule has 0 radical (unpaired) electrons. The highest BCUT2D eigenvalue weighted by molar-refractivity contribution is 7.93. The summed E-state index contributed by atoms with van der Waals surface area (Å²) in [6.07, 6.45) is 3.01. The lowest BCUT2D eigenvalue weighted by molar-refractivity contribution is 0.374. The van der Waals surface area contributed by atoms with Gasteiger partial charge in [-0.15, -0.1) is 0 Å². The van der Waals surface area contributed by atoms with Crippen LogP contribution in [0.25, 0.3) is 6.08 Å². The van der Waals surface area contributed by atoms with E-state index in [4.69, 9.17) is 14.2 Å². The van der Waals surface area contributed by atoms with Gasteiger partial charge in [-0.2, -0.15) is 0 Å². The van der Waals surface area contributed by atoms with Crippen molar-refractivity contribution >= 4 is 15.9 Å². The molecule has 0 bridgehead atoms. The summed E-state index contributed by atoms with van der Waals surface area (Å²) >= 11 is 0. The van der Waals surface area contributed by atoms with E-state index in [-0.39, 0.29) is 5.75 Å². The molecule has 1 heterocycles. The SMILES string of the molecule is COc1cc(OC)c(C=CS(=O)(=O)Cc2ccccn2)c(OC)c1. The highest BCUT2D eigenvalue weighted by atomic mass is 32.2. The Balaban J connectivity index is 2.33. The minimum Gasteiger partial charge on any atom is -0.496 e. The van der Waals surface area contributed by atoms with Crippen LogP contribution in [0.1, 0.15) is 11.3 Å². The third-order valence-electron chi connectivity index (χ3n) is 3.27. The highest BCUT2D eigenvalue weighted by Gasteiger charge is 2.13. The summed E-state index contributed by atoms with van der Waals surface area (Å²) in [5.41, 5.74) is 1.00. The van der Waals surface area contributed by atoms with E-state index in [1.807, 2.05) is 0 Å². The van der Waals surface area contributed by atoms with E-state index in [9.17, 15) is 8.42 Å². The topological polar surface area (TPSA) is 74.7 Å². The van der Waals surface area contributed by atoms with Crippen LogP contribution in [-0.4, -0.2) is 34.7 Å². The lowest BCUT2D eigenvalue weighted by Crippen LogP contribution is -2.02. The van der Waals surface area contributed by atoms with Crippen LogP contribution in [0, 0.1) is 0 Å². The number of sulfone groups is 1. The van der Waals surface area contributed by atoms with E-state index in [2.05, 4.69) is 4.98 Å². The maximum atomic E-state index is 12.3. The summed E-state index contributed by atoms with van der Waals surface area (Å²) in [6, 6.07) is 8.47. The molecule has 7 heteroatoms. The Kier molecular flexibility index (Phi) is 5.81. The van der Waals surface area contributed by atoms with Gasteiger partial charge in [-0.3, -0.25) is 4.98 Å². The Bertz CT molecular complexity index is 791. The van der Waals surface area contributed by atoms with Crippen molar-refractivity contribution in [3.63, 3.8) is 0 Å². The summed E-state index contributed by atoms with van der Waals surface area (Å²) in [5, 5.41) is 1.13. The molecular formula is C17H19NO5S. The smallest absolute Gasteiger partial charge is 0.177 e. The fourth-order valence-corrected chi connectivity index (χ4v) is 3.13. The van der Waals surface area contributed by atoms with E-state index in [0.29, 0.717) is 28.5 Å². The molecule has 0 atom stereocenters. The second-order valence-electron chi connectivity index (χ2n) is 4.88. The van der Waals surface area contributed by atoms with Crippen LogP contribution in [0.4, 0.5) is 0 Å². The zero-order valence-electron chi connectivity index (χ0n) is 13.7. The van der Waals surface area contributed by atoms with E-state index >= 15 is 0 Å². The average molecular weight is 349 g/mol. The normalized spacial score (nSPS) is 11.5. The van der Waals surface area contributed by atoms with E-state index in [1.165, 1.54) is 27.4 Å². The molecule has 0 saturated carbocycles. The molecule has 0 aliphatic heterocycles. The first-order chi connectivity index (χ1) is 11.5. The van der Waals surface area contributed by atoms with Gasteiger partial charge in [0.05, 0.1) is 38.3 Å². The lowest BCUT2D eigenvalue weighted by atomic mass is 10.1. The molecule has 0 fully saturated rings. The summed E-state index contributed by atoms with van der Waals surface area (Å²) in [5.74, 6) is 1.29. The van der Waals surface area contributed by atoms with Crippen LogP contribution in [0.5, 0.6) is 17.2 Å². The fourth-order valence-electron chi connectivity index (χ4n) is 2.11. The van der Waals surface area contributed by atoms with Crippen molar-refractivity contribution in [3.8, 4) is 17.2 Å². The predicted octanol–water partition coefficient (Wildman–Crippen LogP) is 2.69. The number of aromatic nitrogens is 1. The molecule has 0 N–H and O–H groups in total. The van der Waals surface area contributed by atoms with Crippen molar-refractivity contribution in [1.29, 1.82) is 0 Å². The monoisotopic (exact) mass is 349 g/mol. The Hall–Kier alpha value is -2.54. The maximum Gasteiger partial charge on any atom is 0.177 e. The summed E-state index contributed by atoms with van der Waals surface area (Å²) in [4.78, 5) is 4.03. The molecule has 2 rings (SSSR count). The van der Waals surface area contributed by atoms with Gasteiger partial charge in [-0.25, -0.2) is 8.42 Å². The van der Waals surface area contributed by atoms with Crippen molar-refractivity contribution < 1.29 is 22.6 Å². The molecule has 24 heavy (non-hydrogen) atoms. The van der Waals surface area contributed by atoms with Gasteiger partial charge in [-0.05, 0) is 18.2 Å². The number of benzene rings is 1. The molecule has 1 aromatic heterocycles. The zero-order valence-corrected chi connectivity index (χ0v) is 14.5. The van der Waals surface area contributed by atoms with Gasteiger partial charge in [0.25, 0.3) is 0 Å².